The van der Waals surface area contributed by atoms with Gasteiger partial charge >= 0.3 is 0 Å². The fourth-order valence-electron chi connectivity index (χ4n) is 2.43. The predicted molar refractivity (Wildman–Crippen MR) is 81.0 cm³/mol. The molecule has 5 heteroatoms. The minimum absolute atomic E-state index is 0.0749. The maximum absolute atomic E-state index is 12.1. The van der Waals surface area contributed by atoms with Crippen LogP contribution in [0.5, 0.6) is 11.5 Å². The number of hydrogen-bond donors (Lipinski definition) is 2. The van der Waals surface area contributed by atoms with E-state index in [1.54, 1.807) is 20.3 Å². The van der Waals surface area contributed by atoms with Crippen LogP contribution in [0.25, 0.3) is 0 Å². The van der Waals surface area contributed by atoms with Gasteiger partial charge in [0.25, 0.3) is 5.91 Å². The van der Waals surface area contributed by atoms with Gasteiger partial charge in [0.1, 0.15) is 17.5 Å². The molecule has 0 aromatic heterocycles. The van der Waals surface area contributed by atoms with E-state index in [2.05, 4.69) is 10.6 Å². The molecule has 1 atom stereocenters. The van der Waals surface area contributed by atoms with E-state index in [-0.39, 0.29) is 5.91 Å². The molecule has 0 aliphatic carbocycles. The Balaban J connectivity index is 1.92. The van der Waals surface area contributed by atoms with Gasteiger partial charge in [0.05, 0.1) is 19.9 Å². The molecule has 3 rings (SSSR count). The molecular formula is C16H16N2O3. The SMILES string of the molecule is COc1ccc(NC2C(=O)Nc3ccccc32)c(OC)c1. The third-order valence-electron chi connectivity index (χ3n) is 3.50. The van der Waals surface area contributed by atoms with E-state index in [9.17, 15) is 4.79 Å². The van der Waals surface area contributed by atoms with Gasteiger partial charge in [-0.2, -0.15) is 0 Å². The van der Waals surface area contributed by atoms with Crippen molar-refractivity contribution in [3.8, 4) is 11.5 Å². The lowest BCUT2D eigenvalue weighted by molar-refractivity contribution is -0.116. The highest BCUT2D eigenvalue weighted by molar-refractivity contribution is 6.04. The fraction of sp³-hybridized carbons (Fsp3) is 0.188. The number of carbonyl (C=O) groups excluding carboxylic acids is 1. The van der Waals surface area contributed by atoms with Crippen LogP contribution in [-0.4, -0.2) is 20.1 Å². The first kappa shape index (κ1) is 13.3. The zero-order valence-electron chi connectivity index (χ0n) is 11.8. The maximum atomic E-state index is 12.1. The van der Waals surface area contributed by atoms with Crippen molar-refractivity contribution < 1.29 is 14.3 Å². The lowest BCUT2D eigenvalue weighted by atomic mass is 10.1. The Morgan fingerprint density at radius 2 is 1.90 bits per heavy atom. The highest BCUT2D eigenvalue weighted by Crippen LogP contribution is 2.36. The Morgan fingerprint density at radius 1 is 1.10 bits per heavy atom. The molecule has 2 aromatic carbocycles. The highest BCUT2D eigenvalue weighted by Gasteiger charge is 2.30. The van der Waals surface area contributed by atoms with E-state index < -0.39 is 6.04 Å². The molecule has 1 aliphatic rings. The van der Waals surface area contributed by atoms with Gasteiger partial charge in [-0.25, -0.2) is 0 Å². The number of benzene rings is 2. The van der Waals surface area contributed by atoms with E-state index in [1.165, 1.54) is 0 Å². The molecule has 5 nitrogen and oxygen atoms in total. The summed E-state index contributed by atoms with van der Waals surface area (Å²) >= 11 is 0. The van der Waals surface area contributed by atoms with Crippen molar-refractivity contribution in [1.82, 2.24) is 0 Å². The number of fused-ring (bicyclic) bond motifs is 1. The lowest BCUT2D eigenvalue weighted by Crippen LogP contribution is -2.20. The summed E-state index contributed by atoms with van der Waals surface area (Å²) in [5.74, 6) is 1.26. The van der Waals surface area contributed by atoms with Crippen LogP contribution in [0.4, 0.5) is 11.4 Å². The monoisotopic (exact) mass is 284 g/mol. The number of nitrogens with one attached hydrogen (secondary N) is 2. The fourth-order valence-corrected chi connectivity index (χ4v) is 2.43. The number of carbonyl (C=O) groups is 1. The van der Waals surface area contributed by atoms with Crippen molar-refractivity contribution in [2.75, 3.05) is 24.9 Å². The van der Waals surface area contributed by atoms with Crippen LogP contribution in [0, 0.1) is 0 Å². The van der Waals surface area contributed by atoms with Crippen molar-refractivity contribution in [3.63, 3.8) is 0 Å². The van der Waals surface area contributed by atoms with Crippen molar-refractivity contribution in [2.24, 2.45) is 0 Å². The molecule has 0 saturated heterocycles. The molecule has 1 heterocycles. The molecule has 0 saturated carbocycles. The molecule has 0 spiro atoms. The average Bonchev–Trinajstić information content (AvgIpc) is 2.83. The predicted octanol–water partition coefficient (Wildman–Crippen LogP) is 2.81. The first-order valence-corrected chi connectivity index (χ1v) is 6.61. The van der Waals surface area contributed by atoms with Crippen LogP contribution in [0.2, 0.25) is 0 Å². The number of rotatable bonds is 4. The zero-order chi connectivity index (χ0) is 14.8. The number of anilines is 2. The molecule has 21 heavy (non-hydrogen) atoms. The summed E-state index contributed by atoms with van der Waals surface area (Å²) in [6.45, 7) is 0. The number of methoxy groups -OCH3 is 2. The first-order chi connectivity index (χ1) is 10.2. The average molecular weight is 284 g/mol. The maximum Gasteiger partial charge on any atom is 0.251 e. The molecule has 0 fully saturated rings. The summed E-state index contributed by atoms with van der Waals surface area (Å²) in [4.78, 5) is 12.1. The highest BCUT2D eigenvalue weighted by atomic mass is 16.5. The molecule has 1 amide bonds. The normalized spacial score (nSPS) is 16.1. The van der Waals surface area contributed by atoms with Gasteiger partial charge in [0.2, 0.25) is 0 Å². The second-order valence-electron chi connectivity index (χ2n) is 4.72. The van der Waals surface area contributed by atoms with Gasteiger partial charge in [0.15, 0.2) is 0 Å². The molecule has 1 aliphatic heterocycles. The van der Waals surface area contributed by atoms with Gasteiger partial charge in [0, 0.05) is 17.3 Å². The molecule has 0 radical (unpaired) electrons. The standard InChI is InChI=1S/C16H16N2O3/c1-20-10-7-8-13(14(9-10)21-2)17-15-11-5-3-4-6-12(11)18-16(15)19/h3-9,15,17H,1-2H3,(H,18,19). The molecular weight excluding hydrogens is 268 g/mol. The van der Waals surface area contributed by atoms with E-state index in [0.717, 1.165) is 16.9 Å². The van der Waals surface area contributed by atoms with E-state index in [4.69, 9.17) is 9.47 Å². The molecule has 2 aromatic rings. The summed E-state index contributed by atoms with van der Waals surface area (Å²) in [6.07, 6.45) is 0. The number of para-hydroxylation sites is 1. The summed E-state index contributed by atoms with van der Waals surface area (Å²) in [7, 11) is 3.19. The summed E-state index contributed by atoms with van der Waals surface area (Å²) in [5.41, 5.74) is 2.52. The van der Waals surface area contributed by atoms with Gasteiger partial charge < -0.3 is 20.1 Å². The third-order valence-corrected chi connectivity index (χ3v) is 3.50. The summed E-state index contributed by atoms with van der Waals surface area (Å²) in [5, 5.41) is 6.09. The van der Waals surface area contributed by atoms with Gasteiger partial charge in [-0.05, 0) is 18.2 Å². The van der Waals surface area contributed by atoms with Crippen molar-refractivity contribution in [2.45, 2.75) is 6.04 Å². The largest absolute Gasteiger partial charge is 0.497 e. The number of hydrogen-bond acceptors (Lipinski definition) is 4. The number of ether oxygens (including phenoxy) is 2. The van der Waals surface area contributed by atoms with Crippen molar-refractivity contribution >= 4 is 17.3 Å². The Labute approximate surface area is 122 Å². The Kier molecular flexibility index (Phi) is 3.39. The van der Waals surface area contributed by atoms with Gasteiger partial charge in [-0.3, -0.25) is 4.79 Å². The first-order valence-electron chi connectivity index (χ1n) is 6.61. The van der Waals surface area contributed by atoms with Gasteiger partial charge in [-0.1, -0.05) is 18.2 Å². The van der Waals surface area contributed by atoms with E-state index in [0.29, 0.717) is 11.5 Å². The quantitative estimate of drug-likeness (QED) is 0.906. The van der Waals surface area contributed by atoms with Crippen molar-refractivity contribution in [1.29, 1.82) is 0 Å². The van der Waals surface area contributed by atoms with Crippen LogP contribution >= 0.6 is 0 Å². The minimum Gasteiger partial charge on any atom is -0.497 e. The third kappa shape index (κ3) is 2.38. The topological polar surface area (TPSA) is 59.6 Å². The molecule has 2 N–H and O–H groups in total. The lowest BCUT2D eigenvalue weighted by Gasteiger charge is -2.16. The van der Waals surface area contributed by atoms with E-state index >= 15 is 0 Å². The van der Waals surface area contributed by atoms with Crippen LogP contribution < -0.4 is 20.1 Å². The minimum atomic E-state index is -0.427. The Hall–Kier alpha value is -2.69. The van der Waals surface area contributed by atoms with E-state index in [1.807, 2.05) is 36.4 Å². The second kappa shape index (κ2) is 5.36. The molecule has 108 valence electrons. The number of amides is 1. The van der Waals surface area contributed by atoms with Crippen LogP contribution in [0.1, 0.15) is 11.6 Å². The molecule has 0 bridgehead atoms. The second-order valence-corrected chi connectivity index (χ2v) is 4.72. The zero-order valence-corrected chi connectivity index (χ0v) is 11.8. The van der Waals surface area contributed by atoms with Crippen LogP contribution in [0.3, 0.4) is 0 Å². The van der Waals surface area contributed by atoms with Gasteiger partial charge in [-0.15, -0.1) is 0 Å². The summed E-state index contributed by atoms with van der Waals surface area (Å²) < 4.78 is 10.5. The Morgan fingerprint density at radius 3 is 2.67 bits per heavy atom. The Bertz CT molecular complexity index is 685. The smallest absolute Gasteiger partial charge is 0.251 e. The van der Waals surface area contributed by atoms with Crippen LogP contribution in [0.15, 0.2) is 42.5 Å². The molecule has 1 unspecified atom stereocenters. The van der Waals surface area contributed by atoms with Crippen LogP contribution in [-0.2, 0) is 4.79 Å². The summed E-state index contributed by atoms with van der Waals surface area (Å²) in [6, 6.07) is 12.6. The van der Waals surface area contributed by atoms with Crippen molar-refractivity contribution in [3.05, 3.63) is 48.0 Å².